The van der Waals surface area contributed by atoms with Gasteiger partial charge in [-0.15, -0.1) is 0 Å². The number of halogens is 2. The van der Waals surface area contributed by atoms with Crippen LogP contribution in [0.4, 0.5) is 0 Å². The van der Waals surface area contributed by atoms with Gasteiger partial charge in [-0.25, -0.2) is 0 Å². The van der Waals surface area contributed by atoms with Gasteiger partial charge in [0.1, 0.15) is 0 Å². The smallest absolute Gasteiger partial charge is 0.0735 e. The van der Waals surface area contributed by atoms with E-state index in [2.05, 4.69) is 13.0 Å². The van der Waals surface area contributed by atoms with Crippen molar-refractivity contribution in [3.8, 4) is 0 Å². The summed E-state index contributed by atoms with van der Waals surface area (Å²) >= 11 is 12.8. The lowest BCUT2D eigenvalue weighted by molar-refractivity contribution is 0.432. The number of fused-ring (bicyclic) bond motifs is 5. The highest BCUT2D eigenvalue weighted by molar-refractivity contribution is 6.37. The summed E-state index contributed by atoms with van der Waals surface area (Å²) in [5.41, 5.74) is 4.87. The zero-order chi connectivity index (χ0) is 13.9. The first-order valence-corrected chi connectivity index (χ1v) is 7.82. The van der Waals surface area contributed by atoms with Gasteiger partial charge in [0.2, 0.25) is 0 Å². The summed E-state index contributed by atoms with van der Waals surface area (Å²) in [7, 11) is 0. The van der Waals surface area contributed by atoms with Crippen LogP contribution in [0.3, 0.4) is 0 Å². The Morgan fingerprint density at radius 1 is 1.20 bits per heavy atom. The van der Waals surface area contributed by atoms with Crippen LogP contribution in [0.25, 0.3) is 10.9 Å². The standard InChI is InChI=1S/C17H15Cl2N/c1-9-4-10-6-11(5-9)16-15(7-10)20-14-8-12(18)2-3-13(14)17(16)19/h2-4,8,10-11H,5-7H2,1H3/t10-,11+/m0/s1. The molecular weight excluding hydrogens is 289 g/mol. The van der Waals surface area contributed by atoms with Crippen molar-refractivity contribution >= 4 is 34.1 Å². The lowest BCUT2D eigenvalue weighted by Crippen LogP contribution is -2.23. The maximum atomic E-state index is 6.70. The van der Waals surface area contributed by atoms with Gasteiger partial charge in [0.25, 0.3) is 0 Å². The summed E-state index contributed by atoms with van der Waals surface area (Å²) in [5, 5.41) is 2.63. The molecule has 3 heteroatoms. The third-order valence-corrected chi connectivity index (χ3v) is 5.18. The minimum Gasteiger partial charge on any atom is -0.252 e. The molecule has 0 radical (unpaired) electrons. The van der Waals surface area contributed by atoms with Gasteiger partial charge in [0.15, 0.2) is 0 Å². The van der Waals surface area contributed by atoms with Crippen LogP contribution in [0.15, 0.2) is 29.8 Å². The number of pyridine rings is 1. The van der Waals surface area contributed by atoms with E-state index < -0.39 is 0 Å². The van der Waals surface area contributed by atoms with Crippen molar-refractivity contribution in [2.24, 2.45) is 5.92 Å². The van der Waals surface area contributed by atoms with Crippen LogP contribution < -0.4 is 0 Å². The van der Waals surface area contributed by atoms with Gasteiger partial charge < -0.3 is 0 Å². The Bertz CT molecular complexity index is 748. The van der Waals surface area contributed by atoms with Crippen LogP contribution in [0.2, 0.25) is 10.0 Å². The van der Waals surface area contributed by atoms with E-state index in [1.807, 2.05) is 18.2 Å². The molecule has 0 spiro atoms. The molecule has 102 valence electrons. The molecule has 0 saturated heterocycles. The van der Waals surface area contributed by atoms with E-state index in [1.54, 1.807) is 0 Å². The number of aromatic nitrogens is 1. The molecule has 0 saturated carbocycles. The van der Waals surface area contributed by atoms with Gasteiger partial charge in [0, 0.05) is 16.1 Å². The highest BCUT2D eigenvalue weighted by atomic mass is 35.5. The molecular formula is C17H15Cl2N. The zero-order valence-electron chi connectivity index (χ0n) is 11.3. The Kier molecular flexibility index (Phi) is 2.84. The highest BCUT2D eigenvalue weighted by Crippen LogP contribution is 2.47. The van der Waals surface area contributed by atoms with Crippen molar-refractivity contribution < 1.29 is 0 Å². The first-order chi connectivity index (χ1) is 9.61. The van der Waals surface area contributed by atoms with E-state index in [1.165, 1.54) is 23.3 Å². The van der Waals surface area contributed by atoms with E-state index in [0.717, 1.165) is 28.8 Å². The molecule has 0 fully saturated rings. The summed E-state index contributed by atoms with van der Waals surface area (Å²) in [4.78, 5) is 4.85. The molecule has 2 atom stereocenters. The van der Waals surface area contributed by atoms with Crippen molar-refractivity contribution in [3.05, 3.63) is 51.2 Å². The summed E-state index contributed by atoms with van der Waals surface area (Å²) in [6, 6.07) is 5.79. The predicted octanol–water partition coefficient (Wildman–Crippen LogP) is 5.54. The van der Waals surface area contributed by atoms with Crippen LogP contribution in [0.1, 0.15) is 36.9 Å². The topological polar surface area (TPSA) is 12.9 Å². The molecule has 2 aromatic rings. The van der Waals surface area contributed by atoms with E-state index in [0.29, 0.717) is 16.9 Å². The number of rotatable bonds is 0. The lowest BCUT2D eigenvalue weighted by atomic mass is 9.72. The molecule has 1 aromatic heterocycles. The maximum absolute atomic E-state index is 6.70. The predicted molar refractivity (Wildman–Crippen MR) is 84.7 cm³/mol. The number of nitrogens with zero attached hydrogens (tertiary/aromatic N) is 1. The number of allylic oxidation sites excluding steroid dienone is 2. The number of hydrogen-bond donors (Lipinski definition) is 0. The van der Waals surface area contributed by atoms with Crippen molar-refractivity contribution in [2.45, 2.75) is 32.1 Å². The minimum atomic E-state index is 0.536. The fraction of sp³-hybridized carbons (Fsp3) is 0.353. The van der Waals surface area contributed by atoms with Crippen molar-refractivity contribution in [1.82, 2.24) is 4.98 Å². The second kappa shape index (κ2) is 4.47. The molecule has 1 nitrogen and oxygen atoms in total. The third kappa shape index (κ3) is 1.88. The van der Waals surface area contributed by atoms with Crippen molar-refractivity contribution in [2.75, 3.05) is 0 Å². The van der Waals surface area contributed by atoms with E-state index >= 15 is 0 Å². The summed E-state index contributed by atoms with van der Waals surface area (Å²) in [6.07, 6.45) is 5.75. The highest BCUT2D eigenvalue weighted by Gasteiger charge is 2.32. The SMILES string of the molecule is CC1=C[C@@H]2Cc3nc4cc(Cl)ccc4c(Cl)c3[C@H](C1)C2. The molecule has 0 aliphatic heterocycles. The van der Waals surface area contributed by atoms with Gasteiger partial charge in [-0.3, -0.25) is 4.98 Å². The fourth-order valence-corrected chi connectivity index (χ4v) is 4.41. The Morgan fingerprint density at radius 2 is 2.05 bits per heavy atom. The molecule has 2 aliphatic rings. The number of hydrogen-bond acceptors (Lipinski definition) is 1. The summed E-state index contributed by atoms with van der Waals surface area (Å²) in [6.45, 7) is 2.23. The average molecular weight is 304 g/mol. The molecule has 0 amide bonds. The van der Waals surface area contributed by atoms with Crippen LogP contribution in [0.5, 0.6) is 0 Å². The van der Waals surface area contributed by atoms with Crippen LogP contribution in [0, 0.1) is 5.92 Å². The van der Waals surface area contributed by atoms with E-state index in [4.69, 9.17) is 28.2 Å². The Balaban J connectivity index is 1.97. The molecule has 0 N–H and O–H groups in total. The molecule has 1 aromatic carbocycles. The minimum absolute atomic E-state index is 0.536. The molecule has 20 heavy (non-hydrogen) atoms. The second-order valence-electron chi connectivity index (χ2n) is 6.06. The van der Waals surface area contributed by atoms with Crippen molar-refractivity contribution in [3.63, 3.8) is 0 Å². The summed E-state index contributed by atoms with van der Waals surface area (Å²) < 4.78 is 0. The molecule has 1 heterocycles. The molecule has 0 unspecified atom stereocenters. The normalized spacial score (nSPS) is 24.4. The fourth-order valence-electron chi connectivity index (χ4n) is 3.82. The molecule has 2 bridgehead atoms. The third-order valence-electron chi connectivity index (χ3n) is 4.54. The average Bonchev–Trinajstić information content (AvgIpc) is 2.36. The first kappa shape index (κ1) is 12.7. The van der Waals surface area contributed by atoms with Gasteiger partial charge in [-0.05, 0) is 61.8 Å². The lowest BCUT2D eigenvalue weighted by Gasteiger charge is -2.35. The van der Waals surface area contributed by atoms with Crippen LogP contribution >= 0.6 is 23.2 Å². The Labute approximate surface area is 128 Å². The largest absolute Gasteiger partial charge is 0.252 e. The van der Waals surface area contributed by atoms with E-state index in [9.17, 15) is 0 Å². The molecule has 4 rings (SSSR count). The quantitative estimate of drug-likeness (QED) is 0.582. The van der Waals surface area contributed by atoms with Crippen molar-refractivity contribution in [1.29, 1.82) is 0 Å². The molecule has 2 aliphatic carbocycles. The monoisotopic (exact) mass is 303 g/mol. The van der Waals surface area contributed by atoms with Crippen LogP contribution in [-0.4, -0.2) is 4.98 Å². The first-order valence-electron chi connectivity index (χ1n) is 7.06. The Morgan fingerprint density at radius 3 is 2.90 bits per heavy atom. The maximum Gasteiger partial charge on any atom is 0.0735 e. The zero-order valence-corrected chi connectivity index (χ0v) is 12.8. The van der Waals surface area contributed by atoms with Gasteiger partial charge in [0.05, 0.1) is 10.5 Å². The Hall–Kier alpha value is -1.05. The second-order valence-corrected chi connectivity index (χ2v) is 6.88. The summed E-state index contributed by atoms with van der Waals surface area (Å²) in [5.74, 6) is 1.16. The van der Waals surface area contributed by atoms with Gasteiger partial charge >= 0.3 is 0 Å². The number of benzene rings is 1. The van der Waals surface area contributed by atoms with Gasteiger partial charge in [-0.1, -0.05) is 34.9 Å². The van der Waals surface area contributed by atoms with E-state index in [-0.39, 0.29) is 0 Å². The van der Waals surface area contributed by atoms with Gasteiger partial charge in [-0.2, -0.15) is 0 Å². The van der Waals surface area contributed by atoms with Crippen LogP contribution in [-0.2, 0) is 6.42 Å².